The highest BCUT2D eigenvalue weighted by molar-refractivity contribution is 7.20. The minimum atomic E-state index is 0.147. The van der Waals surface area contributed by atoms with Gasteiger partial charge in [0.15, 0.2) is 5.13 Å². The molecule has 170 valence electrons. The first-order valence-corrected chi connectivity index (χ1v) is 12.3. The van der Waals surface area contributed by atoms with Crippen LogP contribution in [0.2, 0.25) is 0 Å². The molecular formula is C26H28N4O2S. The summed E-state index contributed by atoms with van der Waals surface area (Å²) in [4.78, 5) is 22.1. The zero-order valence-electron chi connectivity index (χ0n) is 18.8. The number of hydrogen-bond acceptors (Lipinski definition) is 5. The minimum absolute atomic E-state index is 0.147. The number of carbonyl (C=O) groups is 1. The summed E-state index contributed by atoms with van der Waals surface area (Å²) in [5, 5.41) is 0.976. The van der Waals surface area contributed by atoms with Crippen molar-refractivity contribution in [1.82, 2.24) is 19.4 Å². The Hall–Kier alpha value is -3.16. The number of amides is 1. The quantitative estimate of drug-likeness (QED) is 0.454. The van der Waals surface area contributed by atoms with Crippen LogP contribution in [0.25, 0.3) is 15.3 Å². The first-order valence-electron chi connectivity index (χ1n) is 11.4. The van der Waals surface area contributed by atoms with Gasteiger partial charge in [-0.1, -0.05) is 41.7 Å². The van der Waals surface area contributed by atoms with Gasteiger partial charge in [0.2, 0.25) is 5.91 Å². The summed E-state index contributed by atoms with van der Waals surface area (Å²) in [6.07, 6.45) is 2.46. The number of nitrogens with zero attached hydrogens (tertiary/aromatic N) is 4. The number of fused-ring (bicyclic) bond motifs is 2. The predicted octanol–water partition coefficient (Wildman–Crippen LogP) is 4.37. The van der Waals surface area contributed by atoms with Crippen LogP contribution < -0.4 is 4.74 Å². The highest BCUT2D eigenvalue weighted by Gasteiger charge is 2.19. The van der Waals surface area contributed by atoms with Crippen LogP contribution in [-0.2, 0) is 17.8 Å². The summed E-state index contributed by atoms with van der Waals surface area (Å²) < 4.78 is 9.47. The number of hydrogen-bond donors (Lipinski definition) is 0. The van der Waals surface area contributed by atoms with Crippen molar-refractivity contribution in [2.45, 2.75) is 19.9 Å². The zero-order valence-corrected chi connectivity index (χ0v) is 19.6. The number of para-hydroxylation sites is 2. The van der Waals surface area contributed by atoms with Gasteiger partial charge in [0.25, 0.3) is 0 Å². The topological polar surface area (TPSA) is 50.6 Å². The van der Waals surface area contributed by atoms with Crippen LogP contribution in [0.15, 0.2) is 66.9 Å². The molecule has 7 heteroatoms. The fourth-order valence-corrected chi connectivity index (χ4v) is 5.25. The first kappa shape index (κ1) is 21.7. The van der Waals surface area contributed by atoms with E-state index < -0.39 is 0 Å². The maximum absolute atomic E-state index is 12.9. The lowest BCUT2D eigenvalue weighted by Crippen LogP contribution is -2.40. The van der Waals surface area contributed by atoms with Gasteiger partial charge in [-0.25, -0.2) is 4.98 Å². The Morgan fingerprint density at radius 3 is 2.73 bits per heavy atom. The highest BCUT2D eigenvalue weighted by Crippen LogP contribution is 2.26. The van der Waals surface area contributed by atoms with Crippen LogP contribution >= 0.6 is 11.3 Å². The van der Waals surface area contributed by atoms with Crippen molar-refractivity contribution >= 4 is 27.5 Å². The Kier molecular flexibility index (Phi) is 6.41. The number of likely N-dealkylation sites (N-methyl/N-ethyl adjacent to an activating group) is 1. The Morgan fingerprint density at radius 1 is 1.00 bits per heavy atom. The van der Waals surface area contributed by atoms with Crippen LogP contribution in [0.4, 0.5) is 0 Å². The Balaban J connectivity index is 1.37. The Morgan fingerprint density at radius 2 is 1.85 bits per heavy atom. The zero-order chi connectivity index (χ0) is 22.6. The monoisotopic (exact) mass is 460 g/mol. The standard InChI is InChI=1S/C26H28N4O2S/c1-2-29-15-14-28(16-17-32-23-11-5-3-8-20(23)18-25(29)31)19-21-9-7-13-30(21)26-27-22-10-4-6-12-24(22)33-26/h3-13H,2,14-19H2,1H3. The molecule has 6 nitrogen and oxygen atoms in total. The fraction of sp³-hybridized carbons (Fsp3) is 0.308. The number of rotatable bonds is 4. The molecular weight excluding hydrogens is 432 g/mol. The third-order valence-corrected chi connectivity index (χ3v) is 7.14. The SMILES string of the molecule is CCN1CCN(Cc2cccn2-c2nc3ccccc3s2)CCOc2ccccc2CC1=O. The second-order valence-electron chi connectivity index (χ2n) is 8.22. The van der Waals surface area contributed by atoms with Crippen molar-refractivity contribution in [2.75, 3.05) is 32.8 Å². The smallest absolute Gasteiger partial charge is 0.227 e. The average molecular weight is 461 g/mol. The molecule has 0 aliphatic carbocycles. The third-order valence-electron chi connectivity index (χ3n) is 6.11. The molecule has 1 amide bonds. The van der Waals surface area contributed by atoms with E-state index in [4.69, 9.17) is 9.72 Å². The van der Waals surface area contributed by atoms with Crippen LogP contribution in [0.3, 0.4) is 0 Å². The largest absolute Gasteiger partial charge is 0.492 e. The molecule has 0 N–H and O–H groups in total. The van der Waals surface area contributed by atoms with E-state index in [1.165, 1.54) is 10.4 Å². The van der Waals surface area contributed by atoms with E-state index in [2.05, 4.69) is 39.9 Å². The molecule has 0 radical (unpaired) electrons. The summed E-state index contributed by atoms with van der Waals surface area (Å²) in [7, 11) is 0. The Labute approximate surface area is 198 Å². The summed E-state index contributed by atoms with van der Waals surface area (Å²) in [5.41, 5.74) is 3.16. The second kappa shape index (κ2) is 9.77. The molecule has 4 aromatic rings. The van der Waals surface area contributed by atoms with E-state index in [1.54, 1.807) is 11.3 Å². The lowest BCUT2D eigenvalue weighted by molar-refractivity contribution is -0.130. The molecule has 0 saturated heterocycles. The van der Waals surface area contributed by atoms with E-state index in [1.807, 2.05) is 48.2 Å². The summed E-state index contributed by atoms with van der Waals surface area (Å²) >= 11 is 1.70. The molecule has 1 aliphatic heterocycles. The summed E-state index contributed by atoms with van der Waals surface area (Å²) in [6, 6.07) is 20.3. The molecule has 0 spiro atoms. The number of ether oxygens (including phenoxy) is 1. The van der Waals surface area contributed by atoms with Crippen molar-refractivity contribution in [3.8, 4) is 10.9 Å². The van der Waals surface area contributed by atoms with Gasteiger partial charge in [0, 0.05) is 50.2 Å². The number of carbonyl (C=O) groups excluding carboxylic acids is 1. The van der Waals surface area contributed by atoms with Crippen molar-refractivity contribution in [3.63, 3.8) is 0 Å². The molecule has 1 aliphatic rings. The van der Waals surface area contributed by atoms with Crippen molar-refractivity contribution in [1.29, 1.82) is 0 Å². The molecule has 0 saturated carbocycles. The second-order valence-corrected chi connectivity index (χ2v) is 9.23. The van der Waals surface area contributed by atoms with Gasteiger partial charge in [-0.3, -0.25) is 14.3 Å². The number of thiazole rings is 1. The number of benzene rings is 2. The lowest BCUT2D eigenvalue weighted by Gasteiger charge is -2.26. The maximum Gasteiger partial charge on any atom is 0.227 e. The van der Waals surface area contributed by atoms with Crippen LogP contribution in [-0.4, -0.2) is 58.0 Å². The van der Waals surface area contributed by atoms with E-state index in [0.29, 0.717) is 26.1 Å². The van der Waals surface area contributed by atoms with Gasteiger partial charge in [0.05, 0.1) is 16.6 Å². The molecule has 2 aromatic carbocycles. The molecule has 33 heavy (non-hydrogen) atoms. The molecule has 3 heterocycles. The predicted molar refractivity (Wildman–Crippen MR) is 132 cm³/mol. The van der Waals surface area contributed by atoms with Gasteiger partial charge in [-0.15, -0.1) is 0 Å². The molecule has 2 aromatic heterocycles. The first-order chi connectivity index (χ1) is 16.2. The molecule has 0 atom stereocenters. The highest BCUT2D eigenvalue weighted by atomic mass is 32.1. The molecule has 0 bridgehead atoms. The summed E-state index contributed by atoms with van der Waals surface area (Å²) in [6.45, 7) is 6.38. The molecule has 0 fully saturated rings. The molecule has 0 unspecified atom stereocenters. The number of aromatic nitrogens is 2. The molecule has 5 rings (SSSR count). The van der Waals surface area contributed by atoms with Gasteiger partial charge in [0.1, 0.15) is 12.4 Å². The Bertz CT molecular complexity index is 1210. The van der Waals surface area contributed by atoms with E-state index >= 15 is 0 Å². The van der Waals surface area contributed by atoms with Crippen LogP contribution in [0.1, 0.15) is 18.2 Å². The minimum Gasteiger partial charge on any atom is -0.492 e. The van der Waals surface area contributed by atoms with Gasteiger partial charge in [-0.05, 0) is 37.3 Å². The van der Waals surface area contributed by atoms with Gasteiger partial charge >= 0.3 is 0 Å². The van der Waals surface area contributed by atoms with Crippen molar-refractivity contribution in [2.24, 2.45) is 0 Å². The van der Waals surface area contributed by atoms with Crippen molar-refractivity contribution in [3.05, 3.63) is 78.1 Å². The third kappa shape index (κ3) is 4.79. The summed E-state index contributed by atoms with van der Waals surface area (Å²) in [5.74, 6) is 0.954. The lowest BCUT2D eigenvalue weighted by atomic mass is 10.1. The van der Waals surface area contributed by atoms with Crippen LogP contribution in [0, 0.1) is 0 Å². The van der Waals surface area contributed by atoms with E-state index in [9.17, 15) is 4.79 Å². The van der Waals surface area contributed by atoms with Gasteiger partial charge in [-0.2, -0.15) is 0 Å². The van der Waals surface area contributed by atoms with E-state index in [0.717, 1.165) is 41.6 Å². The normalized spacial score (nSPS) is 15.8. The van der Waals surface area contributed by atoms with Crippen LogP contribution in [0.5, 0.6) is 5.75 Å². The van der Waals surface area contributed by atoms with E-state index in [-0.39, 0.29) is 5.91 Å². The fourth-order valence-electron chi connectivity index (χ4n) is 4.27. The van der Waals surface area contributed by atoms with Gasteiger partial charge < -0.3 is 9.64 Å². The van der Waals surface area contributed by atoms with Crippen molar-refractivity contribution < 1.29 is 9.53 Å². The average Bonchev–Trinajstić information content (AvgIpc) is 3.46. The maximum atomic E-state index is 12.9.